The number of amides is 1. The number of rotatable bonds is 4. The fraction of sp³-hybridized carbons (Fsp3) is 0.0769. The number of carbonyl (C=O) groups excluding carboxylic acids is 1. The Morgan fingerprint density at radius 1 is 1.00 bits per heavy atom. The van der Waals surface area contributed by atoms with E-state index in [1.54, 1.807) is 24.3 Å². The molecule has 3 aromatic carbocycles. The van der Waals surface area contributed by atoms with E-state index in [1.807, 2.05) is 74.5 Å². The number of phenols is 1. The first-order valence-electron chi connectivity index (χ1n) is 9.87. The van der Waals surface area contributed by atoms with Gasteiger partial charge in [-0.25, -0.2) is 0 Å². The van der Waals surface area contributed by atoms with Gasteiger partial charge in [0.1, 0.15) is 5.75 Å². The first-order valence-corrected chi connectivity index (χ1v) is 10.2. The van der Waals surface area contributed by atoms with Crippen LogP contribution in [0.2, 0.25) is 5.02 Å². The third-order valence-electron chi connectivity index (χ3n) is 5.07. The molecular weight excluding hydrogens is 408 g/mol. The summed E-state index contributed by atoms with van der Waals surface area (Å²) >= 11 is 6.09. The van der Waals surface area contributed by atoms with Crippen molar-refractivity contribution in [3.8, 4) is 5.75 Å². The van der Waals surface area contributed by atoms with E-state index in [2.05, 4.69) is 5.10 Å². The number of halogens is 1. The number of hydrogen-bond acceptors (Lipinski definition) is 3. The van der Waals surface area contributed by atoms with Gasteiger partial charge in [-0.05, 0) is 55.3 Å². The number of phenolic OH excluding ortho intramolecular Hbond substituents is 1. The van der Waals surface area contributed by atoms with E-state index in [0.717, 1.165) is 16.7 Å². The fourth-order valence-electron chi connectivity index (χ4n) is 3.45. The first kappa shape index (κ1) is 20.6. The molecule has 31 heavy (non-hydrogen) atoms. The summed E-state index contributed by atoms with van der Waals surface area (Å²) in [6.07, 6.45) is 3.59. The molecule has 0 aliphatic carbocycles. The minimum atomic E-state index is -0.195. The second-order valence-electron chi connectivity index (χ2n) is 7.33. The molecule has 1 amide bonds. The lowest BCUT2D eigenvalue weighted by Gasteiger charge is -2.13. The first-order chi connectivity index (χ1) is 14.9. The van der Waals surface area contributed by atoms with Gasteiger partial charge in [0.25, 0.3) is 5.91 Å². The number of allylic oxidation sites excluding steroid dienone is 2. The van der Waals surface area contributed by atoms with Crippen LogP contribution in [0.15, 0.2) is 89.5 Å². The van der Waals surface area contributed by atoms with E-state index < -0.39 is 0 Å². The highest BCUT2D eigenvalue weighted by atomic mass is 35.5. The highest BCUT2D eigenvalue weighted by molar-refractivity contribution is 6.34. The maximum Gasteiger partial charge on any atom is 0.281 e. The molecule has 0 unspecified atom stereocenters. The molecule has 154 valence electrons. The maximum absolute atomic E-state index is 13.4. The van der Waals surface area contributed by atoms with Crippen LogP contribution in [0.1, 0.15) is 23.6 Å². The van der Waals surface area contributed by atoms with Crippen LogP contribution >= 0.6 is 11.6 Å². The maximum atomic E-state index is 13.4. The zero-order chi connectivity index (χ0) is 22.0. The third kappa shape index (κ3) is 4.30. The Morgan fingerprint density at radius 2 is 1.71 bits per heavy atom. The average Bonchev–Trinajstić information content (AvgIpc) is 3.07. The highest BCUT2D eigenvalue weighted by Crippen LogP contribution is 2.31. The minimum absolute atomic E-state index is 0.114. The van der Waals surface area contributed by atoms with Crippen LogP contribution < -0.4 is 5.01 Å². The van der Waals surface area contributed by atoms with E-state index >= 15 is 0 Å². The van der Waals surface area contributed by atoms with Gasteiger partial charge in [0.05, 0.1) is 17.0 Å². The Balaban J connectivity index is 1.84. The third-order valence-corrected chi connectivity index (χ3v) is 5.30. The summed E-state index contributed by atoms with van der Waals surface area (Å²) in [5, 5.41) is 16.6. The molecule has 0 atom stereocenters. The van der Waals surface area contributed by atoms with Gasteiger partial charge in [0.2, 0.25) is 0 Å². The number of hydrazone groups is 1. The molecule has 0 aromatic heterocycles. The molecule has 3 aromatic rings. The number of hydrogen-bond donors (Lipinski definition) is 1. The van der Waals surface area contributed by atoms with Gasteiger partial charge in [0.15, 0.2) is 0 Å². The molecule has 1 heterocycles. The predicted molar refractivity (Wildman–Crippen MR) is 127 cm³/mol. The summed E-state index contributed by atoms with van der Waals surface area (Å²) in [5.74, 6) is -0.0813. The molecule has 1 aliphatic rings. The van der Waals surface area contributed by atoms with Gasteiger partial charge in [-0.1, -0.05) is 71.8 Å². The zero-order valence-electron chi connectivity index (χ0n) is 17.2. The summed E-state index contributed by atoms with van der Waals surface area (Å²) in [6.45, 7) is 3.84. The summed E-state index contributed by atoms with van der Waals surface area (Å²) in [7, 11) is 0. The summed E-state index contributed by atoms with van der Waals surface area (Å²) in [5.41, 5.74) is 5.16. The molecule has 4 nitrogen and oxygen atoms in total. The van der Waals surface area contributed by atoms with E-state index in [0.29, 0.717) is 27.6 Å². The number of carbonyl (C=O) groups is 1. The van der Waals surface area contributed by atoms with E-state index in [4.69, 9.17) is 11.6 Å². The zero-order valence-corrected chi connectivity index (χ0v) is 18.0. The van der Waals surface area contributed by atoms with Crippen molar-refractivity contribution in [2.45, 2.75) is 13.8 Å². The Labute approximate surface area is 186 Å². The minimum Gasteiger partial charge on any atom is -0.507 e. The van der Waals surface area contributed by atoms with Crippen molar-refractivity contribution in [3.63, 3.8) is 0 Å². The molecule has 0 bridgehead atoms. The molecular formula is C26H21ClN2O2. The van der Waals surface area contributed by atoms with E-state index in [-0.39, 0.29) is 11.7 Å². The molecule has 1 N–H and O–H groups in total. The number of benzene rings is 3. The summed E-state index contributed by atoms with van der Waals surface area (Å²) in [4.78, 5) is 13.4. The molecule has 0 saturated carbocycles. The van der Waals surface area contributed by atoms with Crippen LogP contribution in [0.5, 0.6) is 5.75 Å². The van der Waals surface area contributed by atoms with Gasteiger partial charge in [-0.15, -0.1) is 0 Å². The Hall–Kier alpha value is -3.63. The Morgan fingerprint density at radius 3 is 2.42 bits per heavy atom. The van der Waals surface area contributed by atoms with Gasteiger partial charge in [-0.2, -0.15) is 10.1 Å². The van der Waals surface area contributed by atoms with Crippen LogP contribution in [0.4, 0.5) is 5.69 Å². The fourth-order valence-corrected chi connectivity index (χ4v) is 3.63. The van der Waals surface area contributed by atoms with Crippen LogP contribution in [0.3, 0.4) is 0 Å². The van der Waals surface area contributed by atoms with Crippen molar-refractivity contribution < 1.29 is 9.90 Å². The molecule has 1 aliphatic heterocycles. The Kier molecular flexibility index (Phi) is 5.74. The monoisotopic (exact) mass is 428 g/mol. The standard InChI is InChI=1S/C26H21ClN2O2/c1-17-8-10-19(11-9-17)23(14-12-20-16-21(27)13-15-24(20)30)25-18(2)28-29(26(25)31)22-6-4-3-5-7-22/h3-16,30H,1-2H3. The SMILES string of the molecule is CC1=NN(c2ccccc2)C(=O)C1=C(C=Cc1cc(Cl)ccc1O)c1ccc(C)cc1. The van der Waals surface area contributed by atoms with Crippen LogP contribution in [-0.4, -0.2) is 16.7 Å². The smallest absolute Gasteiger partial charge is 0.281 e. The van der Waals surface area contributed by atoms with E-state index in [1.165, 1.54) is 5.01 Å². The molecule has 0 radical (unpaired) electrons. The van der Waals surface area contributed by atoms with Crippen LogP contribution in [-0.2, 0) is 4.79 Å². The molecule has 0 saturated heterocycles. The lowest BCUT2D eigenvalue weighted by molar-refractivity contribution is -0.114. The van der Waals surface area contributed by atoms with E-state index in [9.17, 15) is 9.90 Å². The predicted octanol–water partition coefficient (Wildman–Crippen LogP) is 6.24. The average molecular weight is 429 g/mol. The van der Waals surface area contributed by atoms with Crippen molar-refractivity contribution in [2.24, 2.45) is 5.10 Å². The van der Waals surface area contributed by atoms with Crippen molar-refractivity contribution in [3.05, 3.63) is 106 Å². The molecule has 5 heteroatoms. The molecule has 0 spiro atoms. The topological polar surface area (TPSA) is 52.9 Å². The number of aromatic hydroxyl groups is 1. The molecule has 0 fully saturated rings. The van der Waals surface area contributed by atoms with Crippen molar-refractivity contribution in [1.82, 2.24) is 0 Å². The normalized spacial score (nSPS) is 15.5. The number of para-hydroxylation sites is 1. The van der Waals surface area contributed by atoms with Gasteiger partial charge >= 0.3 is 0 Å². The van der Waals surface area contributed by atoms with Gasteiger partial charge < -0.3 is 5.11 Å². The van der Waals surface area contributed by atoms with Gasteiger partial charge in [-0.3, -0.25) is 4.79 Å². The van der Waals surface area contributed by atoms with Crippen molar-refractivity contribution in [2.75, 3.05) is 5.01 Å². The lowest BCUT2D eigenvalue weighted by atomic mass is 9.95. The number of anilines is 1. The second kappa shape index (κ2) is 8.62. The Bertz CT molecular complexity index is 1230. The summed E-state index contributed by atoms with van der Waals surface area (Å²) in [6, 6.07) is 22.2. The highest BCUT2D eigenvalue weighted by Gasteiger charge is 2.31. The van der Waals surface area contributed by atoms with Crippen molar-refractivity contribution >= 4 is 40.6 Å². The van der Waals surface area contributed by atoms with Crippen LogP contribution in [0, 0.1) is 6.92 Å². The number of nitrogens with zero attached hydrogens (tertiary/aromatic N) is 2. The summed E-state index contributed by atoms with van der Waals surface area (Å²) < 4.78 is 0. The van der Waals surface area contributed by atoms with Crippen LogP contribution in [0.25, 0.3) is 11.6 Å². The number of aryl methyl sites for hydroxylation is 1. The lowest BCUT2D eigenvalue weighted by Crippen LogP contribution is -2.21. The second-order valence-corrected chi connectivity index (χ2v) is 7.77. The molecule has 4 rings (SSSR count). The largest absolute Gasteiger partial charge is 0.507 e. The van der Waals surface area contributed by atoms with Crippen molar-refractivity contribution in [1.29, 1.82) is 0 Å². The van der Waals surface area contributed by atoms with Gasteiger partial charge in [0, 0.05) is 10.6 Å². The quantitative estimate of drug-likeness (QED) is 0.500.